The Balaban J connectivity index is 0.000000321. The second-order valence-electron chi connectivity index (χ2n) is 5.93. The summed E-state index contributed by atoms with van der Waals surface area (Å²) in [4.78, 5) is 0. The van der Waals surface area contributed by atoms with Crippen molar-refractivity contribution in [3.05, 3.63) is 82.3 Å². The first-order chi connectivity index (χ1) is 13.5. The van der Waals surface area contributed by atoms with Gasteiger partial charge in [-0.2, -0.15) is 13.2 Å². The predicted molar refractivity (Wildman–Crippen MR) is 106 cm³/mol. The molecule has 0 fully saturated rings. The van der Waals surface area contributed by atoms with Gasteiger partial charge in [0.05, 0.1) is 0 Å². The predicted octanol–water partition coefficient (Wildman–Crippen LogP) is 4.78. The second kappa shape index (κ2) is 9.42. The molecule has 152 valence electrons. The van der Waals surface area contributed by atoms with Crippen LogP contribution in [0.25, 0.3) is 11.1 Å². The Bertz CT molecular complexity index is 1060. The minimum Gasteiger partial charge on any atom is -0.741 e. The Hall–Kier alpha value is -2.37. The molecular weight excluding hydrogens is 470 g/mol. The molecule has 0 aliphatic carbocycles. The van der Waals surface area contributed by atoms with Crippen LogP contribution in [0.15, 0.2) is 71.2 Å². The van der Waals surface area contributed by atoms with E-state index in [0.717, 1.165) is 9.79 Å². The zero-order valence-electron chi connectivity index (χ0n) is 15.2. The van der Waals surface area contributed by atoms with Crippen molar-refractivity contribution in [1.82, 2.24) is 0 Å². The maximum Gasteiger partial charge on any atom is 0.485 e. The molecule has 0 radical (unpaired) electrons. The molecule has 4 nitrogen and oxygen atoms in total. The molecule has 3 rings (SSSR count). The van der Waals surface area contributed by atoms with Gasteiger partial charge in [-0.25, -0.2) is 8.42 Å². The number of benzene rings is 2. The zero-order valence-corrected chi connectivity index (χ0v) is 17.7. The van der Waals surface area contributed by atoms with E-state index in [1.54, 1.807) is 0 Å². The van der Waals surface area contributed by atoms with E-state index < -0.39 is 29.5 Å². The first-order valence-electron chi connectivity index (χ1n) is 8.15. The normalized spacial score (nSPS) is 17.0. The second-order valence-corrected chi connectivity index (χ2v) is 11.5. The van der Waals surface area contributed by atoms with Gasteiger partial charge in [-0.15, -0.1) is 0 Å². The fourth-order valence-corrected chi connectivity index (χ4v) is 5.46. The fourth-order valence-electron chi connectivity index (χ4n) is 2.55. The molecule has 1 heterocycles. The van der Waals surface area contributed by atoms with Crippen LogP contribution in [-0.4, -0.2) is 32.4 Å². The number of alkyl halides is 3. The van der Waals surface area contributed by atoms with Gasteiger partial charge in [0.25, 0.3) is 0 Å². The molecule has 0 spiro atoms. The summed E-state index contributed by atoms with van der Waals surface area (Å²) < 4.78 is 59.9. The summed E-state index contributed by atoms with van der Waals surface area (Å²) in [5.41, 5.74) is -0.580. The van der Waals surface area contributed by atoms with Gasteiger partial charge in [0, 0.05) is 0 Å². The van der Waals surface area contributed by atoms with E-state index in [0.29, 0.717) is 0 Å². The minimum atomic E-state index is -6.09. The van der Waals surface area contributed by atoms with Gasteiger partial charge in [-0.1, -0.05) is 0 Å². The molecule has 0 saturated heterocycles. The van der Waals surface area contributed by atoms with Crippen LogP contribution in [0.3, 0.4) is 0 Å². The monoisotopic (exact) mass is 487 g/mol. The van der Waals surface area contributed by atoms with Crippen molar-refractivity contribution in [2.45, 2.75) is 16.6 Å². The van der Waals surface area contributed by atoms with Crippen LogP contribution >= 0.6 is 0 Å². The van der Waals surface area contributed by atoms with Crippen molar-refractivity contribution in [3.8, 4) is 6.07 Å². The first kappa shape index (κ1) is 22.9. The van der Waals surface area contributed by atoms with Crippen LogP contribution in [0.4, 0.5) is 13.2 Å². The number of allylic oxidation sites excluding steroid dienone is 4. The Morgan fingerprint density at radius 2 is 1.45 bits per heavy atom. The standard InChI is InChI=1S/C19H16NSe.CHF3O3S/c1-21-14-19(16-10-6-3-7-11-16)18(12-17(21)13-20)15-8-4-2-5-9-15;2-1(3,4)8(5,6)7/h2-12H,14H2,1H3;(H,5,6,7)/q+1;/p-1. The van der Waals surface area contributed by atoms with Crippen LogP contribution in [0, 0.1) is 11.3 Å². The topological polar surface area (TPSA) is 81.0 Å². The van der Waals surface area contributed by atoms with Crippen LogP contribution in [-0.2, 0) is 10.1 Å². The zero-order chi connectivity index (χ0) is 21.7. The van der Waals surface area contributed by atoms with Crippen molar-refractivity contribution in [3.63, 3.8) is 0 Å². The van der Waals surface area contributed by atoms with Gasteiger partial charge < -0.3 is 4.55 Å². The van der Waals surface area contributed by atoms with Gasteiger partial charge in [0.15, 0.2) is 10.1 Å². The fraction of sp³-hybridized carbons (Fsp3) is 0.150. The number of hydrogen-bond donors (Lipinski definition) is 0. The third-order valence-corrected chi connectivity index (χ3v) is 8.03. The molecule has 2 aromatic carbocycles. The summed E-state index contributed by atoms with van der Waals surface area (Å²) in [6.07, 6.45) is 2.12. The van der Waals surface area contributed by atoms with Gasteiger partial charge in [-0.3, -0.25) is 0 Å². The average Bonchev–Trinajstić information content (AvgIpc) is 2.68. The molecule has 0 bridgehead atoms. The number of halogens is 3. The van der Waals surface area contributed by atoms with E-state index in [2.05, 4.69) is 66.5 Å². The van der Waals surface area contributed by atoms with Crippen molar-refractivity contribution in [2.75, 3.05) is 0 Å². The molecule has 2 aromatic rings. The van der Waals surface area contributed by atoms with Crippen LogP contribution in [0.2, 0.25) is 11.1 Å². The number of rotatable bonds is 2. The maximum atomic E-state index is 10.7. The SMILES string of the molecule is C[Se+]1CC(c2ccccc2)=C(c2ccccc2)C=C1C#N.O=S(=O)([O-])C(F)(F)F. The summed E-state index contributed by atoms with van der Waals surface area (Å²) in [6, 6.07) is 23.3. The number of nitriles is 1. The van der Waals surface area contributed by atoms with E-state index in [-0.39, 0.29) is 0 Å². The Morgan fingerprint density at radius 1 is 1.00 bits per heavy atom. The third kappa shape index (κ3) is 6.05. The van der Waals surface area contributed by atoms with Gasteiger partial charge in [0.1, 0.15) is 0 Å². The quantitative estimate of drug-likeness (QED) is 0.348. The van der Waals surface area contributed by atoms with Crippen molar-refractivity contribution < 1.29 is 26.1 Å². The molecule has 0 N–H and O–H groups in total. The Labute approximate surface area is 171 Å². The molecule has 0 saturated carbocycles. The largest absolute Gasteiger partial charge is 0.741 e. The van der Waals surface area contributed by atoms with E-state index in [1.165, 1.54) is 22.3 Å². The van der Waals surface area contributed by atoms with Crippen molar-refractivity contribution >= 4 is 35.2 Å². The van der Waals surface area contributed by atoms with Gasteiger partial charge >= 0.3 is 135 Å². The van der Waals surface area contributed by atoms with E-state index in [9.17, 15) is 18.4 Å². The van der Waals surface area contributed by atoms with Crippen LogP contribution in [0.5, 0.6) is 0 Å². The molecule has 1 aliphatic heterocycles. The summed E-state index contributed by atoms with van der Waals surface area (Å²) in [5, 5.41) is 10.4. The molecule has 9 heteroatoms. The Morgan fingerprint density at radius 3 is 1.86 bits per heavy atom. The smallest absolute Gasteiger partial charge is 0.485 e. The summed E-state index contributed by atoms with van der Waals surface area (Å²) in [7, 11) is -6.09. The number of hydrogen-bond acceptors (Lipinski definition) is 4. The molecule has 0 aromatic heterocycles. The summed E-state index contributed by atoms with van der Waals surface area (Å²) >= 11 is -1.01. The maximum absolute atomic E-state index is 10.7. The van der Waals surface area contributed by atoms with Crippen molar-refractivity contribution in [2.24, 2.45) is 0 Å². The molecule has 1 atom stereocenters. The number of nitrogens with zero attached hydrogens (tertiary/aromatic N) is 1. The molecule has 0 amide bonds. The minimum absolute atomic E-state index is 0.994. The van der Waals surface area contributed by atoms with Crippen molar-refractivity contribution in [1.29, 1.82) is 5.26 Å². The molecule has 1 aliphatic rings. The third-order valence-electron chi connectivity index (χ3n) is 3.94. The van der Waals surface area contributed by atoms with Crippen LogP contribution in [0.1, 0.15) is 11.1 Å². The average molecular weight is 486 g/mol. The summed E-state index contributed by atoms with van der Waals surface area (Å²) in [5.74, 6) is 2.25. The molecule has 1 unspecified atom stereocenters. The van der Waals surface area contributed by atoms with Gasteiger partial charge in [-0.05, 0) is 0 Å². The van der Waals surface area contributed by atoms with Gasteiger partial charge in [0.2, 0.25) is 0 Å². The summed E-state index contributed by atoms with van der Waals surface area (Å²) in [6.45, 7) is 0. The van der Waals surface area contributed by atoms with E-state index in [4.69, 9.17) is 13.0 Å². The van der Waals surface area contributed by atoms with Crippen LogP contribution < -0.4 is 0 Å². The molecular formula is C20H16F3NO3SSe. The Kier molecular flexibility index (Phi) is 7.44. The van der Waals surface area contributed by atoms with E-state index >= 15 is 0 Å². The molecule has 29 heavy (non-hydrogen) atoms. The van der Waals surface area contributed by atoms with E-state index in [1.807, 2.05) is 12.1 Å². The first-order valence-corrected chi connectivity index (χ1v) is 13.3.